The van der Waals surface area contributed by atoms with Gasteiger partial charge in [-0.25, -0.2) is 0 Å². The molecule has 1 fully saturated rings. The van der Waals surface area contributed by atoms with E-state index < -0.39 is 5.41 Å². The molecule has 1 saturated carbocycles. The van der Waals surface area contributed by atoms with Gasteiger partial charge in [-0.2, -0.15) is 0 Å². The fourth-order valence-electron chi connectivity index (χ4n) is 3.48. The first-order chi connectivity index (χ1) is 8.16. The van der Waals surface area contributed by atoms with Crippen molar-refractivity contribution in [2.45, 2.75) is 38.0 Å². The van der Waals surface area contributed by atoms with Crippen molar-refractivity contribution in [3.05, 3.63) is 35.4 Å². The number of rotatable bonds is 0. The Balaban J connectivity index is 2.22. The lowest BCUT2D eigenvalue weighted by molar-refractivity contribution is -0.131. The Hall–Kier alpha value is -1.44. The van der Waals surface area contributed by atoms with Gasteiger partial charge in [0, 0.05) is 12.3 Å². The predicted molar refractivity (Wildman–Crippen MR) is 64.9 cm³/mol. The number of carbonyl (C=O) groups excluding carboxylic acids is 2. The monoisotopic (exact) mass is 228 g/mol. The van der Waals surface area contributed by atoms with Gasteiger partial charge in [0.2, 0.25) is 0 Å². The summed E-state index contributed by atoms with van der Waals surface area (Å²) in [7, 11) is 0. The summed E-state index contributed by atoms with van der Waals surface area (Å²) in [4.78, 5) is 24.7. The fourth-order valence-corrected chi connectivity index (χ4v) is 3.48. The van der Waals surface area contributed by atoms with Crippen LogP contribution in [0.4, 0.5) is 0 Å². The minimum atomic E-state index is -0.783. The predicted octanol–water partition coefficient (Wildman–Crippen LogP) is 2.44. The van der Waals surface area contributed by atoms with Crippen LogP contribution in [0, 0.1) is 5.92 Å². The van der Waals surface area contributed by atoms with E-state index in [9.17, 15) is 9.59 Å². The summed E-state index contributed by atoms with van der Waals surface area (Å²) in [6.07, 6.45) is 3.08. The van der Waals surface area contributed by atoms with Gasteiger partial charge < -0.3 is 0 Å². The molecule has 88 valence electrons. The fraction of sp³-hybridized carbons (Fsp3) is 0.467. The highest BCUT2D eigenvalue weighted by Crippen LogP contribution is 2.46. The number of hydrogen-bond acceptors (Lipinski definition) is 2. The molecule has 1 spiro atoms. The second-order valence-corrected chi connectivity index (χ2v) is 5.31. The standard InChI is InChI=1S/C15H16O2/c1-10-9-13(16)15(14(10)17)8-4-6-11-5-2-3-7-12(11)15/h2-3,5,7,10H,4,6,8-9H2,1H3/t10-,15+/m0/s1. The molecule has 2 atom stereocenters. The Morgan fingerprint density at radius 3 is 2.71 bits per heavy atom. The van der Waals surface area contributed by atoms with E-state index in [1.807, 2.05) is 25.1 Å². The number of benzene rings is 1. The van der Waals surface area contributed by atoms with E-state index >= 15 is 0 Å². The van der Waals surface area contributed by atoms with Crippen LogP contribution in [0.3, 0.4) is 0 Å². The lowest BCUT2D eigenvalue weighted by atomic mass is 9.67. The van der Waals surface area contributed by atoms with E-state index in [2.05, 4.69) is 6.07 Å². The van der Waals surface area contributed by atoms with Crippen molar-refractivity contribution in [2.75, 3.05) is 0 Å². The van der Waals surface area contributed by atoms with Gasteiger partial charge in [0.05, 0.1) is 0 Å². The normalized spacial score (nSPS) is 31.9. The van der Waals surface area contributed by atoms with E-state index in [1.54, 1.807) is 0 Å². The number of fused-ring (bicyclic) bond motifs is 2. The Kier molecular flexibility index (Phi) is 2.22. The van der Waals surface area contributed by atoms with Crippen LogP contribution in [0.5, 0.6) is 0 Å². The molecule has 0 radical (unpaired) electrons. The van der Waals surface area contributed by atoms with Gasteiger partial charge in [-0.05, 0) is 30.4 Å². The van der Waals surface area contributed by atoms with Gasteiger partial charge >= 0.3 is 0 Å². The van der Waals surface area contributed by atoms with Crippen LogP contribution in [0.2, 0.25) is 0 Å². The minimum Gasteiger partial charge on any atom is -0.298 e. The SMILES string of the molecule is C[C@H]1CC(=O)[C@]2(CCCc3ccccc32)C1=O. The van der Waals surface area contributed by atoms with Crippen LogP contribution in [0.25, 0.3) is 0 Å². The van der Waals surface area contributed by atoms with Gasteiger partial charge in [-0.3, -0.25) is 9.59 Å². The zero-order chi connectivity index (χ0) is 12.0. The molecule has 2 aliphatic carbocycles. The van der Waals surface area contributed by atoms with Crippen LogP contribution in [-0.4, -0.2) is 11.6 Å². The highest BCUT2D eigenvalue weighted by atomic mass is 16.2. The van der Waals surface area contributed by atoms with E-state index in [4.69, 9.17) is 0 Å². The van der Waals surface area contributed by atoms with Crippen LogP contribution in [0.15, 0.2) is 24.3 Å². The van der Waals surface area contributed by atoms with Crippen molar-refractivity contribution in [1.29, 1.82) is 0 Å². The molecule has 2 aliphatic rings. The molecular formula is C15H16O2. The van der Waals surface area contributed by atoms with Crippen LogP contribution in [-0.2, 0) is 21.4 Å². The quantitative estimate of drug-likeness (QED) is 0.639. The summed E-state index contributed by atoms with van der Waals surface area (Å²) in [5.74, 6) is 0.186. The first-order valence-electron chi connectivity index (χ1n) is 6.32. The Morgan fingerprint density at radius 1 is 1.24 bits per heavy atom. The molecular weight excluding hydrogens is 212 g/mol. The summed E-state index contributed by atoms with van der Waals surface area (Å²) in [5, 5.41) is 0. The number of carbonyl (C=O) groups is 2. The van der Waals surface area contributed by atoms with Crippen molar-refractivity contribution < 1.29 is 9.59 Å². The molecule has 2 nitrogen and oxygen atoms in total. The third-order valence-corrected chi connectivity index (χ3v) is 4.31. The summed E-state index contributed by atoms with van der Waals surface area (Å²) in [6.45, 7) is 1.88. The third kappa shape index (κ3) is 1.27. The number of Topliss-reactive ketones (excluding diaryl/α,β-unsaturated/α-hetero) is 2. The van der Waals surface area contributed by atoms with E-state index in [-0.39, 0.29) is 17.5 Å². The van der Waals surface area contributed by atoms with E-state index in [1.165, 1.54) is 5.56 Å². The van der Waals surface area contributed by atoms with Crippen LogP contribution < -0.4 is 0 Å². The molecule has 0 unspecified atom stereocenters. The zero-order valence-electron chi connectivity index (χ0n) is 10.0. The molecule has 17 heavy (non-hydrogen) atoms. The Labute approximate surface area is 101 Å². The van der Waals surface area contributed by atoms with Crippen LogP contribution >= 0.6 is 0 Å². The molecule has 0 aromatic heterocycles. The van der Waals surface area contributed by atoms with Gasteiger partial charge in [-0.1, -0.05) is 31.2 Å². The smallest absolute Gasteiger partial charge is 0.154 e. The average Bonchev–Trinajstić information content (AvgIpc) is 2.55. The van der Waals surface area contributed by atoms with Gasteiger partial charge in [-0.15, -0.1) is 0 Å². The second-order valence-electron chi connectivity index (χ2n) is 5.31. The van der Waals surface area contributed by atoms with Crippen molar-refractivity contribution >= 4 is 11.6 Å². The highest BCUT2D eigenvalue weighted by Gasteiger charge is 2.55. The van der Waals surface area contributed by atoms with E-state index in [0.29, 0.717) is 12.8 Å². The van der Waals surface area contributed by atoms with Gasteiger partial charge in [0.1, 0.15) is 5.41 Å². The van der Waals surface area contributed by atoms with Gasteiger partial charge in [0.25, 0.3) is 0 Å². The van der Waals surface area contributed by atoms with E-state index in [0.717, 1.165) is 18.4 Å². The highest BCUT2D eigenvalue weighted by molar-refractivity contribution is 6.19. The van der Waals surface area contributed by atoms with Crippen molar-refractivity contribution in [3.8, 4) is 0 Å². The third-order valence-electron chi connectivity index (χ3n) is 4.31. The first-order valence-corrected chi connectivity index (χ1v) is 6.32. The maximum Gasteiger partial charge on any atom is 0.154 e. The molecule has 0 aliphatic heterocycles. The molecule has 3 rings (SSSR count). The second kappa shape index (κ2) is 3.52. The molecule has 1 aromatic carbocycles. The number of aryl methyl sites for hydroxylation is 1. The van der Waals surface area contributed by atoms with Crippen molar-refractivity contribution in [3.63, 3.8) is 0 Å². The topological polar surface area (TPSA) is 34.1 Å². The largest absolute Gasteiger partial charge is 0.298 e. The molecule has 0 saturated heterocycles. The molecule has 2 heteroatoms. The Morgan fingerprint density at radius 2 is 2.00 bits per heavy atom. The first kappa shape index (κ1) is 10.7. The maximum absolute atomic E-state index is 12.4. The van der Waals surface area contributed by atoms with Crippen molar-refractivity contribution in [2.24, 2.45) is 5.92 Å². The van der Waals surface area contributed by atoms with Crippen LogP contribution in [0.1, 0.15) is 37.3 Å². The lowest BCUT2D eigenvalue weighted by Gasteiger charge is -2.33. The Bertz CT molecular complexity index is 503. The molecule has 0 heterocycles. The summed E-state index contributed by atoms with van der Waals surface area (Å²) in [5.41, 5.74) is 1.40. The van der Waals surface area contributed by atoms with Crippen molar-refractivity contribution in [1.82, 2.24) is 0 Å². The minimum absolute atomic E-state index is 0.103. The number of hydrogen-bond donors (Lipinski definition) is 0. The lowest BCUT2D eigenvalue weighted by Crippen LogP contribution is -2.41. The molecule has 0 amide bonds. The maximum atomic E-state index is 12.4. The average molecular weight is 228 g/mol. The number of ketones is 2. The van der Waals surface area contributed by atoms with Gasteiger partial charge in [0.15, 0.2) is 11.6 Å². The zero-order valence-corrected chi connectivity index (χ0v) is 10.0. The summed E-state index contributed by atoms with van der Waals surface area (Å²) < 4.78 is 0. The summed E-state index contributed by atoms with van der Waals surface area (Å²) in [6, 6.07) is 7.96. The molecule has 0 bridgehead atoms. The molecule has 0 N–H and O–H groups in total. The summed E-state index contributed by atoms with van der Waals surface area (Å²) >= 11 is 0. The molecule has 1 aromatic rings.